The van der Waals surface area contributed by atoms with Gasteiger partial charge in [-0.25, -0.2) is 0 Å². The van der Waals surface area contributed by atoms with Crippen molar-refractivity contribution in [3.63, 3.8) is 0 Å². The molecule has 98 valence electrons. The molecule has 1 saturated heterocycles. The van der Waals surface area contributed by atoms with Gasteiger partial charge in [0.15, 0.2) is 0 Å². The highest BCUT2D eigenvalue weighted by Crippen LogP contribution is 2.24. The van der Waals surface area contributed by atoms with Crippen molar-refractivity contribution in [1.29, 1.82) is 0 Å². The van der Waals surface area contributed by atoms with Crippen LogP contribution in [0, 0.1) is 11.8 Å². The Labute approximate surface area is 102 Å². The smallest absolute Gasteiger partial charge is 0.305 e. The van der Waals surface area contributed by atoms with Gasteiger partial charge in [-0.1, -0.05) is 20.8 Å². The van der Waals surface area contributed by atoms with Crippen LogP contribution in [0.5, 0.6) is 0 Å². The van der Waals surface area contributed by atoms with E-state index in [1.165, 1.54) is 0 Å². The largest absolute Gasteiger partial charge is 0.481 e. The molecule has 0 aromatic carbocycles. The molecule has 0 aromatic heterocycles. The van der Waals surface area contributed by atoms with Crippen molar-refractivity contribution >= 4 is 11.9 Å². The van der Waals surface area contributed by atoms with Gasteiger partial charge in [-0.3, -0.25) is 9.59 Å². The first kappa shape index (κ1) is 14.0. The zero-order valence-corrected chi connectivity index (χ0v) is 10.7. The minimum absolute atomic E-state index is 0.0798. The van der Waals surface area contributed by atoms with E-state index in [2.05, 4.69) is 5.32 Å². The molecule has 5 nitrogen and oxygen atoms in total. The average Bonchev–Trinajstić information content (AvgIpc) is 2.63. The summed E-state index contributed by atoms with van der Waals surface area (Å²) in [4.78, 5) is 22.8. The molecular formula is C12H21NO4. The maximum atomic E-state index is 12.0. The summed E-state index contributed by atoms with van der Waals surface area (Å²) in [5, 5.41) is 11.8. The molecule has 1 amide bonds. The molecule has 1 aliphatic heterocycles. The van der Waals surface area contributed by atoms with Crippen molar-refractivity contribution in [1.82, 2.24) is 5.32 Å². The predicted molar refractivity (Wildman–Crippen MR) is 62.6 cm³/mol. The normalized spacial score (nSPS) is 25.9. The fourth-order valence-electron chi connectivity index (χ4n) is 1.86. The number of nitrogens with one attached hydrogen (secondary N) is 1. The Balaban J connectivity index is 2.67. The lowest BCUT2D eigenvalue weighted by molar-refractivity contribution is -0.139. The van der Waals surface area contributed by atoms with Crippen LogP contribution < -0.4 is 5.32 Å². The lowest BCUT2D eigenvalue weighted by Gasteiger charge is -2.29. The number of carbonyl (C=O) groups is 2. The highest BCUT2D eigenvalue weighted by Gasteiger charge is 2.39. The first-order valence-corrected chi connectivity index (χ1v) is 5.98. The number of carbonyl (C=O) groups excluding carboxylic acids is 1. The van der Waals surface area contributed by atoms with E-state index in [0.29, 0.717) is 13.0 Å². The van der Waals surface area contributed by atoms with E-state index >= 15 is 0 Å². The van der Waals surface area contributed by atoms with Gasteiger partial charge in [-0.2, -0.15) is 0 Å². The van der Waals surface area contributed by atoms with Crippen LogP contribution in [-0.4, -0.2) is 35.7 Å². The second-order valence-electron chi connectivity index (χ2n) is 5.18. The Hall–Kier alpha value is -1.10. The van der Waals surface area contributed by atoms with Gasteiger partial charge in [-0.15, -0.1) is 0 Å². The summed E-state index contributed by atoms with van der Waals surface area (Å²) in [5.41, 5.74) is -0.716. The Morgan fingerprint density at radius 2 is 2.06 bits per heavy atom. The molecule has 5 heteroatoms. The summed E-state index contributed by atoms with van der Waals surface area (Å²) < 4.78 is 5.22. The van der Waals surface area contributed by atoms with Crippen molar-refractivity contribution in [3.05, 3.63) is 0 Å². The maximum Gasteiger partial charge on any atom is 0.305 e. The molecule has 0 saturated carbocycles. The molecule has 1 aliphatic rings. The molecule has 0 bridgehead atoms. The number of aliphatic carboxylic acids is 1. The Morgan fingerprint density at radius 1 is 1.41 bits per heavy atom. The van der Waals surface area contributed by atoms with Gasteiger partial charge in [-0.05, 0) is 12.3 Å². The lowest BCUT2D eigenvalue weighted by Crippen LogP contribution is -2.52. The van der Waals surface area contributed by atoms with Gasteiger partial charge < -0.3 is 15.2 Å². The van der Waals surface area contributed by atoms with Crippen LogP contribution in [0.3, 0.4) is 0 Å². The van der Waals surface area contributed by atoms with Crippen LogP contribution in [0.25, 0.3) is 0 Å². The van der Waals surface area contributed by atoms with E-state index in [-0.39, 0.29) is 30.8 Å². The van der Waals surface area contributed by atoms with Crippen molar-refractivity contribution in [2.24, 2.45) is 11.8 Å². The predicted octanol–water partition coefficient (Wildman–Crippen LogP) is 1.03. The Kier molecular flexibility index (Phi) is 4.51. The minimum atomic E-state index is -0.909. The molecular weight excluding hydrogens is 222 g/mol. The van der Waals surface area contributed by atoms with E-state index in [1.807, 2.05) is 20.8 Å². The molecule has 0 aliphatic carbocycles. The van der Waals surface area contributed by atoms with Gasteiger partial charge in [0.1, 0.15) is 0 Å². The quantitative estimate of drug-likeness (QED) is 0.756. The van der Waals surface area contributed by atoms with E-state index in [9.17, 15) is 9.59 Å². The summed E-state index contributed by atoms with van der Waals surface area (Å²) in [6.45, 7) is 6.59. The van der Waals surface area contributed by atoms with Gasteiger partial charge in [0, 0.05) is 12.5 Å². The van der Waals surface area contributed by atoms with Crippen LogP contribution >= 0.6 is 0 Å². The number of carboxylic acid groups (broad SMARTS) is 1. The third-order valence-corrected chi connectivity index (χ3v) is 3.39. The minimum Gasteiger partial charge on any atom is -0.481 e. The molecule has 2 N–H and O–H groups in total. The van der Waals surface area contributed by atoms with Crippen LogP contribution in [0.2, 0.25) is 0 Å². The lowest BCUT2D eigenvalue weighted by atomic mass is 9.91. The van der Waals surface area contributed by atoms with Crippen molar-refractivity contribution < 1.29 is 19.4 Å². The van der Waals surface area contributed by atoms with Gasteiger partial charge in [0.25, 0.3) is 0 Å². The van der Waals surface area contributed by atoms with E-state index in [0.717, 1.165) is 0 Å². The number of hydrogen-bond acceptors (Lipinski definition) is 3. The number of hydrogen-bond donors (Lipinski definition) is 2. The molecule has 0 aromatic rings. The molecule has 2 atom stereocenters. The Morgan fingerprint density at radius 3 is 2.47 bits per heavy atom. The van der Waals surface area contributed by atoms with Crippen molar-refractivity contribution in [3.8, 4) is 0 Å². The van der Waals surface area contributed by atoms with Crippen LogP contribution in [0.4, 0.5) is 0 Å². The molecule has 0 radical (unpaired) electrons. The summed E-state index contributed by atoms with van der Waals surface area (Å²) >= 11 is 0. The second-order valence-corrected chi connectivity index (χ2v) is 5.18. The molecule has 1 heterocycles. The monoisotopic (exact) mass is 243 g/mol. The van der Waals surface area contributed by atoms with Gasteiger partial charge in [0.05, 0.1) is 18.6 Å². The maximum absolute atomic E-state index is 12.0. The first-order valence-electron chi connectivity index (χ1n) is 5.98. The van der Waals surface area contributed by atoms with E-state index in [4.69, 9.17) is 9.84 Å². The molecule has 1 rings (SSSR count). The van der Waals surface area contributed by atoms with Crippen LogP contribution in [-0.2, 0) is 14.3 Å². The zero-order chi connectivity index (χ0) is 13.1. The molecule has 0 spiro atoms. The number of rotatable bonds is 5. The summed E-state index contributed by atoms with van der Waals surface area (Å²) in [5.74, 6) is -0.889. The van der Waals surface area contributed by atoms with Crippen LogP contribution in [0.15, 0.2) is 0 Å². The molecule has 1 fully saturated rings. The summed E-state index contributed by atoms with van der Waals surface area (Å²) in [6.07, 6.45) is 0.486. The topological polar surface area (TPSA) is 75.6 Å². The summed E-state index contributed by atoms with van der Waals surface area (Å²) in [7, 11) is 0. The third-order valence-electron chi connectivity index (χ3n) is 3.39. The second kappa shape index (κ2) is 5.49. The number of carboxylic acids is 1. The SMILES string of the molecule is CC(C)C(C)C(=O)NC1(CC(=O)O)CCOC1. The number of ether oxygens (including phenoxy) is 1. The van der Waals surface area contributed by atoms with Gasteiger partial charge >= 0.3 is 5.97 Å². The fourth-order valence-corrected chi connectivity index (χ4v) is 1.86. The van der Waals surface area contributed by atoms with Crippen molar-refractivity contribution in [2.45, 2.75) is 39.2 Å². The standard InChI is InChI=1S/C12H21NO4/c1-8(2)9(3)11(16)13-12(6-10(14)15)4-5-17-7-12/h8-9H,4-7H2,1-3H3,(H,13,16)(H,14,15). The van der Waals surface area contributed by atoms with Gasteiger partial charge in [0.2, 0.25) is 5.91 Å². The zero-order valence-electron chi connectivity index (χ0n) is 10.7. The average molecular weight is 243 g/mol. The molecule has 17 heavy (non-hydrogen) atoms. The summed E-state index contributed by atoms with van der Waals surface area (Å²) in [6, 6.07) is 0. The molecule has 2 unspecified atom stereocenters. The Bertz CT molecular complexity index is 295. The van der Waals surface area contributed by atoms with Crippen molar-refractivity contribution in [2.75, 3.05) is 13.2 Å². The van der Waals surface area contributed by atoms with E-state index < -0.39 is 11.5 Å². The van der Waals surface area contributed by atoms with E-state index in [1.54, 1.807) is 0 Å². The number of amides is 1. The fraction of sp³-hybridized carbons (Fsp3) is 0.833. The first-order chi connectivity index (χ1) is 7.86. The van der Waals surface area contributed by atoms with Crippen LogP contribution in [0.1, 0.15) is 33.6 Å². The highest BCUT2D eigenvalue weighted by atomic mass is 16.5. The highest BCUT2D eigenvalue weighted by molar-refractivity contribution is 5.80. The third kappa shape index (κ3) is 3.70.